The highest BCUT2D eigenvalue weighted by molar-refractivity contribution is 7.99. The van der Waals surface area contributed by atoms with Crippen LogP contribution in [0, 0.1) is 0 Å². The fourth-order valence-corrected chi connectivity index (χ4v) is 3.20. The predicted molar refractivity (Wildman–Crippen MR) is 69.8 cm³/mol. The zero-order chi connectivity index (χ0) is 11.4. The zero-order valence-electron chi connectivity index (χ0n) is 10.1. The molecule has 2 rings (SSSR count). The van der Waals surface area contributed by atoms with Gasteiger partial charge in [0, 0.05) is 30.4 Å². The molecule has 0 bridgehead atoms. The Morgan fingerprint density at radius 3 is 2.94 bits per heavy atom. The molecule has 1 N–H and O–H groups in total. The molecule has 1 aliphatic heterocycles. The molecule has 1 atom stereocenters. The summed E-state index contributed by atoms with van der Waals surface area (Å²) >= 11 is 2.07. The van der Waals surface area contributed by atoms with Crippen molar-refractivity contribution in [3.8, 4) is 0 Å². The fourth-order valence-electron chi connectivity index (χ4n) is 2.09. The number of rotatable bonds is 4. The van der Waals surface area contributed by atoms with Gasteiger partial charge in [0.1, 0.15) is 0 Å². The molecule has 1 unspecified atom stereocenters. The number of aryl methyl sites for hydroxylation is 1. The average molecular weight is 239 g/mol. The lowest BCUT2D eigenvalue weighted by molar-refractivity contribution is 0.431. The molecule has 1 aromatic heterocycles. The maximum atomic E-state index is 4.32. The second-order valence-electron chi connectivity index (χ2n) is 4.40. The maximum absolute atomic E-state index is 4.32. The Morgan fingerprint density at radius 2 is 2.31 bits per heavy atom. The molecule has 0 aliphatic carbocycles. The normalized spacial score (nSPS) is 19.9. The predicted octanol–water partition coefficient (Wildman–Crippen LogP) is 2.45. The van der Waals surface area contributed by atoms with Gasteiger partial charge >= 0.3 is 0 Å². The van der Waals surface area contributed by atoms with Crippen LogP contribution in [0.25, 0.3) is 0 Å². The van der Waals surface area contributed by atoms with E-state index in [1.165, 1.54) is 29.9 Å². The van der Waals surface area contributed by atoms with Crippen LogP contribution >= 0.6 is 11.8 Å². The van der Waals surface area contributed by atoms with Gasteiger partial charge in [0.05, 0.1) is 6.20 Å². The molecular weight excluding hydrogens is 218 g/mol. The van der Waals surface area contributed by atoms with Crippen molar-refractivity contribution in [2.24, 2.45) is 0 Å². The topological polar surface area (TPSA) is 29.9 Å². The van der Waals surface area contributed by atoms with Crippen LogP contribution in [0.5, 0.6) is 0 Å². The van der Waals surface area contributed by atoms with E-state index in [1.807, 2.05) is 10.9 Å². The van der Waals surface area contributed by atoms with Crippen LogP contribution in [0.4, 0.5) is 0 Å². The molecule has 0 spiro atoms. The van der Waals surface area contributed by atoms with Crippen molar-refractivity contribution in [1.82, 2.24) is 15.1 Å². The van der Waals surface area contributed by atoms with Crippen LogP contribution in [0.15, 0.2) is 12.4 Å². The number of nitrogens with one attached hydrogen (secondary N) is 1. The number of nitrogens with zero attached hydrogens (tertiary/aromatic N) is 2. The summed E-state index contributed by atoms with van der Waals surface area (Å²) in [5, 5.41) is 8.03. The summed E-state index contributed by atoms with van der Waals surface area (Å²) in [4.78, 5) is 0. The third-order valence-electron chi connectivity index (χ3n) is 3.18. The minimum absolute atomic E-state index is 0.424. The van der Waals surface area contributed by atoms with Crippen molar-refractivity contribution in [2.45, 2.75) is 45.3 Å². The van der Waals surface area contributed by atoms with Crippen LogP contribution in [-0.4, -0.2) is 27.3 Å². The van der Waals surface area contributed by atoms with E-state index in [-0.39, 0.29) is 0 Å². The largest absolute Gasteiger partial charge is 0.307 e. The van der Waals surface area contributed by atoms with E-state index in [2.05, 4.69) is 42.2 Å². The number of thioether (sulfide) groups is 1. The van der Waals surface area contributed by atoms with Crippen molar-refractivity contribution < 1.29 is 0 Å². The van der Waals surface area contributed by atoms with Gasteiger partial charge in [-0.2, -0.15) is 16.9 Å². The Morgan fingerprint density at radius 1 is 1.56 bits per heavy atom. The van der Waals surface area contributed by atoms with Crippen LogP contribution in [0.1, 0.15) is 38.3 Å². The fraction of sp³-hybridized carbons (Fsp3) is 0.750. The summed E-state index contributed by atoms with van der Waals surface area (Å²) in [6.07, 6.45) is 6.74. The highest BCUT2D eigenvalue weighted by atomic mass is 32.2. The number of hydrogen-bond donors (Lipinski definition) is 1. The van der Waals surface area contributed by atoms with E-state index in [9.17, 15) is 0 Å². The van der Waals surface area contributed by atoms with Crippen molar-refractivity contribution in [3.63, 3.8) is 0 Å². The molecule has 0 saturated carbocycles. The Bertz CT molecular complexity index is 318. The molecule has 0 aromatic carbocycles. The van der Waals surface area contributed by atoms with E-state index in [0.29, 0.717) is 12.1 Å². The quantitative estimate of drug-likeness (QED) is 0.875. The number of hydrogen-bond acceptors (Lipinski definition) is 3. The third-order valence-corrected chi connectivity index (χ3v) is 4.23. The van der Waals surface area contributed by atoms with E-state index in [4.69, 9.17) is 0 Å². The molecule has 4 heteroatoms. The molecule has 1 saturated heterocycles. The van der Waals surface area contributed by atoms with Crippen molar-refractivity contribution >= 4 is 11.8 Å². The molecule has 0 radical (unpaired) electrons. The van der Waals surface area contributed by atoms with Crippen LogP contribution in [0.3, 0.4) is 0 Å². The monoisotopic (exact) mass is 239 g/mol. The van der Waals surface area contributed by atoms with E-state index >= 15 is 0 Å². The van der Waals surface area contributed by atoms with Crippen LogP contribution in [0.2, 0.25) is 0 Å². The van der Waals surface area contributed by atoms with Gasteiger partial charge in [0.2, 0.25) is 0 Å². The highest BCUT2D eigenvalue weighted by Crippen LogP contribution is 2.20. The van der Waals surface area contributed by atoms with E-state index in [1.54, 1.807) is 0 Å². The standard InChI is InChI=1S/C12H21N3S/c1-3-15-9-11(8-13-15)10(2)14-12-4-6-16-7-5-12/h8-10,12,14H,3-7H2,1-2H3. The lowest BCUT2D eigenvalue weighted by atomic mass is 10.1. The first-order chi connectivity index (χ1) is 7.79. The lowest BCUT2D eigenvalue weighted by Gasteiger charge is -2.25. The van der Waals surface area contributed by atoms with Crippen LogP contribution in [-0.2, 0) is 6.54 Å². The Kier molecular flexibility index (Phi) is 4.29. The number of aromatic nitrogens is 2. The van der Waals surface area contributed by atoms with Gasteiger partial charge in [0.25, 0.3) is 0 Å². The van der Waals surface area contributed by atoms with E-state index in [0.717, 1.165) is 6.54 Å². The van der Waals surface area contributed by atoms with Crippen LogP contribution < -0.4 is 5.32 Å². The van der Waals surface area contributed by atoms with Gasteiger partial charge in [-0.25, -0.2) is 0 Å². The van der Waals surface area contributed by atoms with Crippen molar-refractivity contribution in [1.29, 1.82) is 0 Å². The summed E-state index contributed by atoms with van der Waals surface area (Å²) in [7, 11) is 0. The summed E-state index contributed by atoms with van der Waals surface area (Å²) in [6.45, 7) is 5.30. The minimum atomic E-state index is 0.424. The Hall–Kier alpha value is -0.480. The molecule has 2 heterocycles. The molecule has 3 nitrogen and oxygen atoms in total. The SMILES string of the molecule is CCn1cc(C(C)NC2CCSCC2)cn1. The molecule has 16 heavy (non-hydrogen) atoms. The third kappa shape index (κ3) is 3.01. The molecule has 90 valence electrons. The zero-order valence-corrected chi connectivity index (χ0v) is 11.0. The molecule has 0 amide bonds. The van der Waals surface area contributed by atoms with Crippen molar-refractivity contribution in [2.75, 3.05) is 11.5 Å². The van der Waals surface area contributed by atoms with Gasteiger partial charge in [0.15, 0.2) is 0 Å². The second kappa shape index (κ2) is 5.73. The van der Waals surface area contributed by atoms with Crippen molar-refractivity contribution in [3.05, 3.63) is 18.0 Å². The molecule has 1 aromatic rings. The Balaban J connectivity index is 1.88. The maximum Gasteiger partial charge on any atom is 0.0537 e. The summed E-state index contributed by atoms with van der Waals surface area (Å²) < 4.78 is 1.99. The summed E-state index contributed by atoms with van der Waals surface area (Å²) in [5.74, 6) is 2.61. The van der Waals surface area contributed by atoms with Gasteiger partial charge in [-0.1, -0.05) is 0 Å². The minimum Gasteiger partial charge on any atom is -0.307 e. The molecule has 1 aliphatic rings. The lowest BCUT2D eigenvalue weighted by Crippen LogP contribution is -2.34. The summed E-state index contributed by atoms with van der Waals surface area (Å²) in [6, 6.07) is 1.12. The summed E-state index contributed by atoms with van der Waals surface area (Å²) in [5.41, 5.74) is 1.31. The van der Waals surface area contributed by atoms with Gasteiger partial charge in [-0.15, -0.1) is 0 Å². The van der Waals surface area contributed by atoms with Gasteiger partial charge in [-0.05, 0) is 38.2 Å². The Labute approximate surface area is 102 Å². The van der Waals surface area contributed by atoms with E-state index < -0.39 is 0 Å². The van der Waals surface area contributed by atoms with Gasteiger partial charge in [-0.3, -0.25) is 4.68 Å². The molecular formula is C12H21N3S. The van der Waals surface area contributed by atoms with Gasteiger partial charge < -0.3 is 5.32 Å². The first-order valence-corrected chi connectivity index (χ1v) is 7.31. The second-order valence-corrected chi connectivity index (χ2v) is 5.63. The first-order valence-electron chi connectivity index (χ1n) is 6.15. The average Bonchev–Trinajstić information content (AvgIpc) is 2.79. The smallest absolute Gasteiger partial charge is 0.0537 e. The highest BCUT2D eigenvalue weighted by Gasteiger charge is 2.17. The molecule has 1 fully saturated rings. The first kappa shape index (κ1) is 12.0.